The molecular formula is C18H27Cl2N5O. The molecule has 1 amide bonds. The summed E-state index contributed by atoms with van der Waals surface area (Å²) in [6.07, 6.45) is 5.12. The van der Waals surface area contributed by atoms with E-state index in [2.05, 4.69) is 32.8 Å². The van der Waals surface area contributed by atoms with E-state index in [1.165, 1.54) is 0 Å². The zero-order valence-electron chi connectivity index (χ0n) is 15.1. The average molecular weight is 400 g/mol. The molecule has 26 heavy (non-hydrogen) atoms. The molecule has 0 radical (unpaired) electrons. The summed E-state index contributed by atoms with van der Waals surface area (Å²) < 4.78 is 1.82. The van der Waals surface area contributed by atoms with E-state index in [1.807, 2.05) is 43.2 Å². The molecule has 144 valence electrons. The number of rotatable bonds is 5. The van der Waals surface area contributed by atoms with E-state index in [0.717, 1.165) is 37.2 Å². The zero-order chi connectivity index (χ0) is 17.0. The van der Waals surface area contributed by atoms with E-state index in [4.69, 9.17) is 0 Å². The van der Waals surface area contributed by atoms with Gasteiger partial charge in [-0.05, 0) is 49.7 Å². The molecule has 1 aliphatic rings. The van der Waals surface area contributed by atoms with Crippen molar-refractivity contribution in [1.29, 1.82) is 0 Å². The van der Waals surface area contributed by atoms with Gasteiger partial charge in [-0.1, -0.05) is 12.1 Å². The van der Waals surface area contributed by atoms with E-state index in [9.17, 15) is 4.79 Å². The smallest absolute Gasteiger partial charge is 0.248 e. The second-order valence-corrected chi connectivity index (χ2v) is 6.48. The molecule has 0 spiro atoms. The normalized spacial score (nSPS) is 15.3. The molecule has 1 fully saturated rings. The van der Waals surface area contributed by atoms with E-state index in [0.29, 0.717) is 6.54 Å². The molecule has 1 aromatic carbocycles. The Bertz CT molecular complexity index is 685. The van der Waals surface area contributed by atoms with Crippen molar-refractivity contribution in [3.63, 3.8) is 0 Å². The van der Waals surface area contributed by atoms with Gasteiger partial charge in [0.15, 0.2) is 0 Å². The minimum absolute atomic E-state index is 0. The minimum atomic E-state index is -0.589. The molecule has 3 rings (SSSR count). The Morgan fingerprint density at radius 2 is 2.00 bits per heavy atom. The fourth-order valence-corrected chi connectivity index (χ4v) is 3.21. The molecule has 6 nitrogen and oxygen atoms in total. The Labute approximate surface area is 167 Å². The van der Waals surface area contributed by atoms with Gasteiger partial charge >= 0.3 is 0 Å². The molecule has 1 aromatic heterocycles. The van der Waals surface area contributed by atoms with Crippen LogP contribution in [-0.4, -0.2) is 42.9 Å². The van der Waals surface area contributed by atoms with E-state index in [-0.39, 0.29) is 30.7 Å². The van der Waals surface area contributed by atoms with Gasteiger partial charge in [0.2, 0.25) is 5.91 Å². The van der Waals surface area contributed by atoms with Crippen LogP contribution in [0.4, 0.5) is 5.69 Å². The molecule has 8 heteroatoms. The number of benzene rings is 1. The Balaban J connectivity index is 0.00000169. The first-order chi connectivity index (χ1) is 11.6. The Morgan fingerprint density at radius 1 is 1.27 bits per heavy atom. The maximum absolute atomic E-state index is 13.0. The van der Waals surface area contributed by atoms with Gasteiger partial charge in [-0.3, -0.25) is 9.48 Å². The van der Waals surface area contributed by atoms with Crippen LogP contribution in [0.5, 0.6) is 0 Å². The van der Waals surface area contributed by atoms with Crippen LogP contribution in [0.2, 0.25) is 0 Å². The van der Waals surface area contributed by atoms with Crippen LogP contribution in [-0.2, 0) is 16.9 Å². The lowest BCUT2D eigenvalue weighted by Gasteiger charge is -2.36. The van der Waals surface area contributed by atoms with Gasteiger partial charge in [-0.15, -0.1) is 24.8 Å². The number of anilines is 1. The number of halogens is 2. The van der Waals surface area contributed by atoms with Crippen molar-refractivity contribution in [2.75, 3.05) is 32.1 Å². The molecule has 0 bridgehead atoms. The van der Waals surface area contributed by atoms with Crippen LogP contribution in [0.1, 0.15) is 18.4 Å². The molecular weight excluding hydrogens is 373 g/mol. The van der Waals surface area contributed by atoms with Crippen molar-refractivity contribution in [1.82, 2.24) is 20.4 Å². The quantitative estimate of drug-likeness (QED) is 0.808. The van der Waals surface area contributed by atoms with Crippen molar-refractivity contribution < 1.29 is 4.79 Å². The first-order valence-corrected chi connectivity index (χ1v) is 8.37. The van der Waals surface area contributed by atoms with Gasteiger partial charge in [-0.2, -0.15) is 5.10 Å². The lowest BCUT2D eigenvalue weighted by Crippen LogP contribution is -2.54. The van der Waals surface area contributed by atoms with Crippen molar-refractivity contribution in [3.8, 4) is 0 Å². The van der Waals surface area contributed by atoms with Crippen LogP contribution < -0.4 is 15.5 Å². The van der Waals surface area contributed by atoms with Gasteiger partial charge in [0, 0.05) is 38.7 Å². The summed E-state index contributed by atoms with van der Waals surface area (Å²) in [4.78, 5) is 15.1. The maximum atomic E-state index is 13.0. The average Bonchev–Trinajstić information content (AvgIpc) is 3.15. The van der Waals surface area contributed by atoms with Gasteiger partial charge < -0.3 is 15.5 Å². The number of amides is 1. The summed E-state index contributed by atoms with van der Waals surface area (Å²) in [6.45, 7) is 2.17. The van der Waals surface area contributed by atoms with Crippen LogP contribution in [0.25, 0.3) is 0 Å². The standard InChI is InChI=1S/C18H25N5O.2ClH/c1-22(2)16-6-3-5-15(13-16)14-20-17(24)18(7-10-19-11-8-18)23-12-4-9-21-23;;/h3-6,9,12-13,19H,7-8,10-11,14H2,1-2H3,(H,20,24);2*1H. The Kier molecular flexibility index (Phi) is 8.40. The number of piperidine rings is 1. The summed E-state index contributed by atoms with van der Waals surface area (Å²) >= 11 is 0. The molecule has 1 saturated heterocycles. The monoisotopic (exact) mass is 399 g/mol. The second-order valence-electron chi connectivity index (χ2n) is 6.48. The zero-order valence-corrected chi connectivity index (χ0v) is 16.8. The highest BCUT2D eigenvalue weighted by molar-refractivity contribution is 5.85. The maximum Gasteiger partial charge on any atom is 0.248 e. The first kappa shape index (κ1) is 22.3. The highest BCUT2D eigenvalue weighted by Crippen LogP contribution is 2.27. The number of hydrogen-bond donors (Lipinski definition) is 2. The van der Waals surface area contributed by atoms with Gasteiger partial charge in [0.1, 0.15) is 5.54 Å². The molecule has 0 unspecified atom stereocenters. The van der Waals surface area contributed by atoms with Crippen molar-refractivity contribution >= 4 is 36.4 Å². The van der Waals surface area contributed by atoms with Gasteiger partial charge in [0.25, 0.3) is 0 Å². The molecule has 1 aliphatic heterocycles. The van der Waals surface area contributed by atoms with Crippen LogP contribution in [0, 0.1) is 0 Å². The largest absolute Gasteiger partial charge is 0.378 e. The van der Waals surface area contributed by atoms with Gasteiger partial charge in [-0.25, -0.2) is 0 Å². The van der Waals surface area contributed by atoms with Gasteiger partial charge in [0.05, 0.1) is 0 Å². The highest BCUT2D eigenvalue weighted by atomic mass is 35.5. The summed E-state index contributed by atoms with van der Waals surface area (Å²) in [6, 6.07) is 10.1. The summed E-state index contributed by atoms with van der Waals surface area (Å²) in [5, 5.41) is 10.8. The topological polar surface area (TPSA) is 62.2 Å². The molecule has 2 N–H and O–H groups in total. The Hall–Kier alpha value is -1.76. The molecule has 2 heterocycles. The third-order valence-corrected chi connectivity index (χ3v) is 4.68. The van der Waals surface area contributed by atoms with E-state index in [1.54, 1.807) is 6.20 Å². The lowest BCUT2D eigenvalue weighted by atomic mass is 9.87. The van der Waals surface area contributed by atoms with Crippen LogP contribution in [0.3, 0.4) is 0 Å². The summed E-state index contributed by atoms with van der Waals surface area (Å²) in [5.74, 6) is 0.0444. The number of aromatic nitrogens is 2. The first-order valence-electron chi connectivity index (χ1n) is 8.37. The fourth-order valence-electron chi connectivity index (χ4n) is 3.21. The SMILES string of the molecule is CN(C)c1cccc(CNC(=O)C2(n3cccn3)CCNCC2)c1.Cl.Cl. The minimum Gasteiger partial charge on any atom is -0.378 e. The number of carbonyl (C=O) groups is 1. The highest BCUT2D eigenvalue weighted by Gasteiger charge is 2.41. The third-order valence-electron chi connectivity index (χ3n) is 4.68. The number of nitrogens with zero attached hydrogens (tertiary/aromatic N) is 3. The van der Waals surface area contributed by atoms with Crippen molar-refractivity contribution in [2.45, 2.75) is 24.9 Å². The number of nitrogens with one attached hydrogen (secondary N) is 2. The third kappa shape index (κ3) is 4.69. The Morgan fingerprint density at radius 3 is 2.62 bits per heavy atom. The van der Waals surface area contributed by atoms with Crippen LogP contribution >= 0.6 is 24.8 Å². The lowest BCUT2D eigenvalue weighted by molar-refractivity contribution is -0.132. The fraction of sp³-hybridized carbons (Fsp3) is 0.444. The molecule has 0 aliphatic carbocycles. The number of carbonyl (C=O) groups excluding carboxylic acids is 1. The summed E-state index contributed by atoms with van der Waals surface area (Å²) in [5.41, 5.74) is 1.64. The number of hydrogen-bond acceptors (Lipinski definition) is 4. The van der Waals surface area contributed by atoms with Crippen molar-refractivity contribution in [3.05, 3.63) is 48.3 Å². The molecule has 0 saturated carbocycles. The van der Waals surface area contributed by atoms with E-state index >= 15 is 0 Å². The predicted molar refractivity (Wildman–Crippen MR) is 109 cm³/mol. The van der Waals surface area contributed by atoms with E-state index < -0.39 is 5.54 Å². The molecule has 0 atom stereocenters. The second kappa shape index (κ2) is 9.80. The summed E-state index contributed by atoms with van der Waals surface area (Å²) in [7, 11) is 4.03. The molecule has 2 aromatic rings. The van der Waals surface area contributed by atoms with Crippen LogP contribution in [0.15, 0.2) is 42.7 Å². The van der Waals surface area contributed by atoms with Crippen molar-refractivity contribution in [2.24, 2.45) is 0 Å². The predicted octanol–water partition coefficient (Wildman–Crippen LogP) is 2.19.